The van der Waals surface area contributed by atoms with Gasteiger partial charge in [-0.05, 0) is 28.8 Å². The summed E-state index contributed by atoms with van der Waals surface area (Å²) in [6, 6.07) is 2.21. The lowest BCUT2D eigenvalue weighted by atomic mass is 10.1. The Balaban J connectivity index is 1.65. The fourth-order valence-corrected chi connectivity index (χ4v) is 3.38. The molecule has 1 aromatic rings. The molecule has 5 nitrogen and oxygen atoms in total. The molecule has 2 aliphatic rings. The van der Waals surface area contributed by atoms with E-state index in [4.69, 9.17) is 0 Å². The molecule has 0 spiro atoms. The van der Waals surface area contributed by atoms with Crippen LogP contribution in [0.15, 0.2) is 16.8 Å². The van der Waals surface area contributed by atoms with Crippen LogP contribution < -0.4 is 5.32 Å². The minimum Gasteiger partial charge on any atom is -0.332 e. The summed E-state index contributed by atoms with van der Waals surface area (Å²) in [4.78, 5) is 27.5. The van der Waals surface area contributed by atoms with Crippen molar-refractivity contribution < 1.29 is 9.59 Å². The summed E-state index contributed by atoms with van der Waals surface area (Å²) < 4.78 is 0. The number of piperazine rings is 2. The monoisotopic (exact) mass is 279 g/mol. The average Bonchev–Trinajstić information content (AvgIpc) is 2.94. The van der Waals surface area contributed by atoms with Gasteiger partial charge >= 0.3 is 11.8 Å². The maximum absolute atomic E-state index is 12.1. The Hall–Kier alpha value is -1.40. The molecule has 2 saturated heterocycles. The predicted molar refractivity (Wildman–Crippen MR) is 73.0 cm³/mol. The first-order valence-electron chi connectivity index (χ1n) is 6.57. The summed E-state index contributed by atoms with van der Waals surface area (Å²) >= 11 is 1.66. The van der Waals surface area contributed by atoms with Crippen LogP contribution in [-0.2, 0) is 16.0 Å². The molecule has 0 aliphatic carbocycles. The molecule has 0 aromatic carbocycles. The average molecular weight is 279 g/mol. The zero-order valence-corrected chi connectivity index (χ0v) is 11.5. The van der Waals surface area contributed by atoms with Gasteiger partial charge in [0.05, 0.1) is 6.04 Å². The lowest BCUT2D eigenvalue weighted by Crippen LogP contribution is -2.65. The molecular formula is C13H17N3O2S. The first-order chi connectivity index (χ1) is 9.25. The molecule has 0 radical (unpaired) electrons. The Kier molecular flexibility index (Phi) is 3.52. The van der Waals surface area contributed by atoms with Crippen molar-refractivity contribution >= 4 is 23.2 Å². The van der Waals surface area contributed by atoms with Gasteiger partial charge in [-0.25, -0.2) is 0 Å². The number of carbonyl (C=O) groups is 2. The molecule has 6 heteroatoms. The van der Waals surface area contributed by atoms with E-state index in [1.165, 1.54) is 5.56 Å². The molecule has 2 aliphatic heterocycles. The van der Waals surface area contributed by atoms with E-state index in [9.17, 15) is 9.59 Å². The zero-order valence-electron chi connectivity index (χ0n) is 10.7. The number of nitrogens with zero attached hydrogens (tertiary/aromatic N) is 2. The topological polar surface area (TPSA) is 52.7 Å². The molecular weight excluding hydrogens is 262 g/mol. The van der Waals surface area contributed by atoms with Crippen molar-refractivity contribution in [2.45, 2.75) is 12.5 Å². The fourth-order valence-electron chi connectivity index (χ4n) is 2.68. The van der Waals surface area contributed by atoms with Crippen molar-refractivity contribution in [1.29, 1.82) is 0 Å². The summed E-state index contributed by atoms with van der Waals surface area (Å²) in [7, 11) is 0. The fraction of sp³-hybridized carbons (Fsp3) is 0.538. The third kappa shape index (κ3) is 2.50. The molecule has 1 atom stereocenters. The van der Waals surface area contributed by atoms with E-state index < -0.39 is 0 Å². The normalized spacial score (nSPS) is 23.7. The highest BCUT2D eigenvalue weighted by molar-refractivity contribution is 7.07. The van der Waals surface area contributed by atoms with E-state index in [1.54, 1.807) is 21.1 Å². The standard InChI is InChI=1S/C13H17N3O2S/c17-12-13(18)16-5-3-14-7-11(16)8-15(12)4-1-10-2-6-19-9-10/h2,6,9,11,14H,1,3-5,7-8H2. The van der Waals surface area contributed by atoms with Crippen LogP contribution in [0, 0.1) is 0 Å². The maximum Gasteiger partial charge on any atom is 0.312 e. The Morgan fingerprint density at radius 3 is 3.05 bits per heavy atom. The van der Waals surface area contributed by atoms with E-state index in [-0.39, 0.29) is 17.9 Å². The predicted octanol–water partition coefficient (Wildman–Crippen LogP) is -0.0668. The highest BCUT2D eigenvalue weighted by Gasteiger charge is 2.39. The Morgan fingerprint density at radius 1 is 1.37 bits per heavy atom. The smallest absolute Gasteiger partial charge is 0.312 e. The minimum atomic E-state index is -0.339. The van der Waals surface area contributed by atoms with E-state index in [0.717, 1.165) is 19.5 Å². The number of carbonyl (C=O) groups excluding carboxylic acids is 2. The molecule has 1 aromatic heterocycles. The van der Waals surface area contributed by atoms with Crippen molar-refractivity contribution in [3.05, 3.63) is 22.4 Å². The highest BCUT2D eigenvalue weighted by atomic mass is 32.1. The number of hydrogen-bond acceptors (Lipinski definition) is 4. The molecule has 0 bridgehead atoms. The number of nitrogens with one attached hydrogen (secondary N) is 1. The van der Waals surface area contributed by atoms with Crippen molar-refractivity contribution in [3.8, 4) is 0 Å². The van der Waals surface area contributed by atoms with Crippen LogP contribution in [0.5, 0.6) is 0 Å². The second-order valence-corrected chi connectivity index (χ2v) is 5.77. The number of thiophene rings is 1. The summed E-state index contributed by atoms with van der Waals surface area (Å²) in [6.45, 7) is 3.50. The third-order valence-corrected chi connectivity index (χ3v) is 4.49. The zero-order chi connectivity index (χ0) is 13.2. The largest absolute Gasteiger partial charge is 0.332 e. The van der Waals surface area contributed by atoms with Gasteiger partial charge in [0, 0.05) is 32.7 Å². The Labute approximate surface area is 116 Å². The summed E-state index contributed by atoms with van der Waals surface area (Å²) in [5, 5.41) is 7.40. The Bertz CT molecular complexity index is 474. The first-order valence-corrected chi connectivity index (χ1v) is 7.51. The van der Waals surface area contributed by atoms with Crippen LogP contribution in [0.3, 0.4) is 0 Å². The van der Waals surface area contributed by atoms with Crippen LogP contribution in [0.25, 0.3) is 0 Å². The number of amides is 2. The van der Waals surface area contributed by atoms with Gasteiger partial charge in [-0.1, -0.05) is 0 Å². The lowest BCUT2D eigenvalue weighted by molar-refractivity contribution is -0.159. The number of hydrogen-bond donors (Lipinski definition) is 1. The summed E-state index contributed by atoms with van der Waals surface area (Å²) in [5.74, 6) is -0.670. The number of rotatable bonds is 3. The molecule has 0 saturated carbocycles. The van der Waals surface area contributed by atoms with Gasteiger partial charge in [0.2, 0.25) is 0 Å². The minimum absolute atomic E-state index is 0.140. The van der Waals surface area contributed by atoms with E-state index in [0.29, 0.717) is 19.6 Å². The van der Waals surface area contributed by atoms with Crippen molar-refractivity contribution in [1.82, 2.24) is 15.1 Å². The van der Waals surface area contributed by atoms with Gasteiger partial charge in [-0.3, -0.25) is 9.59 Å². The maximum atomic E-state index is 12.1. The number of fused-ring (bicyclic) bond motifs is 1. The van der Waals surface area contributed by atoms with Crippen LogP contribution in [-0.4, -0.2) is 60.4 Å². The van der Waals surface area contributed by atoms with Crippen molar-refractivity contribution in [2.75, 3.05) is 32.7 Å². The first kappa shape index (κ1) is 12.6. The second-order valence-electron chi connectivity index (χ2n) is 4.99. The quantitative estimate of drug-likeness (QED) is 0.788. The molecule has 102 valence electrons. The van der Waals surface area contributed by atoms with Gasteiger partial charge in [0.1, 0.15) is 0 Å². The summed E-state index contributed by atoms with van der Waals surface area (Å²) in [6.07, 6.45) is 0.822. The van der Waals surface area contributed by atoms with Crippen LogP contribution in [0.4, 0.5) is 0 Å². The molecule has 2 fully saturated rings. The van der Waals surface area contributed by atoms with E-state index >= 15 is 0 Å². The van der Waals surface area contributed by atoms with E-state index in [1.807, 2.05) is 5.38 Å². The van der Waals surface area contributed by atoms with Gasteiger partial charge in [0.15, 0.2) is 0 Å². The van der Waals surface area contributed by atoms with Crippen molar-refractivity contribution in [2.24, 2.45) is 0 Å². The Morgan fingerprint density at radius 2 is 2.26 bits per heavy atom. The van der Waals surface area contributed by atoms with Gasteiger partial charge in [0.25, 0.3) is 0 Å². The van der Waals surface area contributed by atoms with Crippen LogP contribution in [0.1, 0.15) is 5.56 Å². The van der Waals surface area contributed by atoms with Crippen molar-refractivity contribution in [3.63, 3.8) is 0 Å². The second kappa shape index (κ2) is 5.30. The van der Waals surface area contributed by atoms with Gasteiger partial charge in [-0.15, -0.1) is 0 Å². The highest BCUT2D eigenvalue weighted by Crippen LogP contribution is 2.15. The lowest BCUT2D eigenvalue weighted by Gasteiger charge is -2.43. The van der Waals surface area contributed by atoms with Gasteiger partial charge in [-0.2, -0.15) is 11.3 Å². The molecule has 1 N–H and O–H groups in total. The SMILES string of the molecule is O=C1C(=O)N2CCNCC2CN1CCc1ccsc1. The molecule has 2 amide bonds. The molecule has 19 heavy (non-hydrogen) atoms. The third-order valence-electron chi connectivity index (χ3n) is 3.76. The molecule has 3 heterocycles. The van der Waals surface area contributed by atoms with E-state index in [2.05, 4.69) is 16.8 Å². The van der Waals surface area contributed by atoms with Crippen LogP contribution >= 0.6 is 11.3 Å². The summed E-state index contributed by atoms with van der Waals surface area (Å²) in [5.41, 5.74) is 1.23. The van der Waals surface area contributed by atoms with Crippen LogP contribution in [0.2, 0.25) is 0 Å². The molecule has 3 rings (SSSR count). The van der Waals surface area contributed by atoms with Gasteiger partial charge < -0.3 is 15.1 Å². The molecule has 1 unspecified atom stereocenters.